The van der Waals surface area contributed by atoms with E-state index in [1.807, 2.05) is 0 Å². The van der Waals surface area contributed by atoms with Gasteiger partial charge in [-0.15, -0.1) is 0 Å². The van der Waals surface area contributed by atoms with Crippen molar-refractivity contribution in [2.24, 2.45) is 0 Å². The highest BCUT2D eigenvalue weighted by atomic mass is 32.1. The number of nitrogens with one attached hydrogen (secondary N) is 1. The van der Waals surface area contributed by atoms with Crippen LogP contribution in [0.25, 0.3) is 11.3 Å². The first-order chi connectivity index (χ1) is 9.13. The fourth-order valence-electron chi connectivity index (χ4n) is 1.70. The zero-order chi connectivity index (χ0) is 13.8. The predicted molar refractivity (Wildman–Crippen MR) is 72.1 cm³/mol. The third-order valence-corrected chi connectivity index (χ3v) is 2.75. The fraction of sp³-hybridized carbons (Fsp3) is 0.231. The van der Waals surface area contributed by atoms with E-state index in [0.717, 1.165) is 0 Å². The van der Waals surface area contributed by atoms with E-state index in [4.69, 9.17) is 21.7 Å². The van der Waals surface area contributed by atoms with E-state index in [2.05, 4.69) is 9.97 Å². The van der Waals surface area contributed by atoms with Crippen LogP contribution in [0, 0.1) is 10.5 Å². The molecule has 0 fully saturated rings. The lowest BCUT2D eigenvalue weighted by Crippen LogP contribution is -1.99. The molecule has 1 N–H and O–H groups in total. The largest absolute Gasteiger partial charge is 0.497 e. The van der Waals surface area contributed by atoms with Crippen molar-refractivity contribution in [1.82, 2.24) is 9.97 Å². The molecule has 2 rings (SSSR count). The number of rotatable bonds is 4. The van der Waals surface area contributed by atoms with Crippen LogP contribution in [-0.2, 0) is 11.3 Å². The third kappa shape index (κ3) is 3.15. The third-order valence-electron chi connectivity index (χ3n) is 2.54. The number of ether oxygens (including phenoxy) is 2. The summed E-state index contributed by atoms with van der Waals surface area (Å²) in [6.45, 7) is 0.287. The van der Waals surface area contributed by atoms with Gasteiger partial charge in [-0.2, -0.15) is 0 Å². The number of benzene rings is 1. The number of H-pyrrole nitrogens is 1. The summed E-state index contributed by atoms with van der Waals surface area (Å²) in [5, 5.41) is 0. The second kappa shape index (κ2) is 5.90. The summed E-state index contributed by atoms with van der Waals surface area (Å²) in [5.74, 6) is 0.630. The number of aromatic nitrogens is 2. The summed E-state index contributed by atoms with van der Waals surface area (Å²) in [4.78, 5) is 7.10. The van der Waals surface area contributed by atoms with Gasteiger partial charge in [0.15, 0.2) is 0 Å². The first-order valence-corrected chi connectivity index (χ1v) is 5.98. The first-order valence-electron chi connectivity index (χ1n) is 5.57. The van der Waals surface area contributed by atoms with Gasteiger partial charge in [0.1, 0.15) is 28.6 Å². The molecule has 0 aliphatic carbocycles. The maximum atomic E-state index is 14.0. The van der Waals surface area contributed by atoms with Crippen molar-refractivity contribution in [2.75, 3.05) is 14.2 Å². The molecule has 4 nitrogen and oxygen atoms in total. The topological polar surface area (TPSA) is 47.1 Å². The normalized spacial score (nSPS) is 10.5. The number of methoxy groups -OCH3 is 2. The molecule has 0 spiro atoms. The zero-order valence-electron chi connectivity index (χ0n) is 10.6. The Hall–Kier alpha value is -1.79. The predicted octanol–water partition coefficient (Wildman–Crippen LogP) is 3.10. The average molecular weight is 280 g/mol. The molecule has 6 heteroatoms. The van der Waals surface area contributed by atoms with Crippen LogP contribution in [-0.4, -0.2) is 24.2 Å². The van der Waals surface area contributed by atoms with Crippen LogP contribution in [0.5, 0.6) is 5.75 Å². The monoisotopic (exact) mass is 280 g/mol. The van der Waals surface area contributed by atoms with Crippen molar-refractivity contribution in [3.8, 4) is 17.0 Å². The van der Waals surface area contributed by atoms with Crippen molar-refractivity contribution in [1.29, 1.82) is 0 Å². The van der Waals surface area contributed by atoms with Crippen LogP contribution >= 0.6 is 12.2 Å². The molecular formula is C13H13FN2O2S. The van der Waals surface area contributed by atoms with Gasteiger partial charge in [0.05, 0.1) is 12.8 Å². The number of hydrogen-bond acceptors (Lipinski definition) is 4. The van der Waals surface area contributed by atoms with Gasteiger partial charge in [0.2, 0.25) is 0 Å². The molecule has 0 aliphatic rings. The summed E-state index contributed by atoms with van der Waals surface area (Å²) >= 11 is 5.06. The first kappa shape index (κ1) is 13.6. The van der Waals surface area contributed by atoms with Crippen LogP contribution < -0.4 is 4.74 Å². The molecule has 0 radical (unpaired) electrons. The van der Waals surface area contributed by atoms with Gasteiger partial charge in [-0.05, 0) is 18.2 Å². The van der Waals surface area contributed by atoms with Crippen LogP contribution in [0.15, 0.2) is 24.3 Å². The number of aromatic amines is 1. The molecule has 0 saturated heterocycles. The van der Waals surface area contributed by atoms with E-state index in [1.54, 1.807) is 25.3 Å². The Bertz CT molecular complexity index is 643. The smallest absolute Gasteiger partial charge is 0.136 e. The van der Waals surface area contributed by atoms with Crippen LogP contribution in [0.3, 0.4) is 0 Å². The second-order valence-corrected chi connectivity index (χ2v) is 4.28. The quantitative estimate of drug-likeness (QED) is 0.874. The van der Waals surface area contributed by atoms with Gasteiger partial charge >= 0.3 is 0 Å². The van der Waals surface area contributed by atoms with Crippen LogP contribution in [0.4, 0.5) is 4.39 Å². The molecule has 0 amide bonds. The Labute approximate surface area is 115 Å². The molecule has 19 heavy (non-hydrogen) atoms. The fourth-order valence-corrected chi connectivity index (χ4v) is 1.93. The van der Waals surface area contributed by atoms with Crippen molar-refractivity contribution >= 4 is 12.2 Å². The lowest BCUT2D eigenvalue weighted by Gasteiger charge is -2.08. The standard InChI is InChI=1S/C13H13FN2O2S/c1-17-7-12-15-11(6-13(19)16-12)9-4-3-8(18-2)5-10(9)14/h3-6H,7H2,1-2H3,(H,15,16,19). The Morgan fingerprint density at radius 2 is 2.11 bits per heavy atom. The number of halogens is 1. The molecular weight excluding hydrogens is 267 g/mol. The lowest BCUT2D eigenvalue weighted by molar-refractivity contribution is 0.177. The van der Waals surface area contributed by atoms with Crippen molar-refractivity contribution in [3.63, 3.8) is 0 Å². The maximum Gasteiger partial charge on any atom is 0.136 e. The van der Waals surface area contributed by atoms with E-state index in [1.165, 1.54) is 13.2 Å². The number of hydrogen-bond donors (Lipinski definition) is 1. The molecule has 0 aliphatic heterocycles. The summed E-state index contributed by atoms with van der Waals surface area (Å²) in [6.07, 6.45) is 0. The van der Waals surface area contributed by atoms with Gasteiger partial charge in [-0.3, -0.25) is 0 Å². The highest BCUT2D eigenvalue weighted by molar-refractivity contribution is 7.71. The van der Waals surface area contributed by atoms with E-state index in [9.17, 15) is 4.39 Å². The Morgan fingerprint density at radius 3 is 2.74 bits per heavy atom. The second-order valence-electron chi connectivity index (χ2n) is 3.86. The van der Waals surface area contributed by atoms with E-state index in [-0.39, 0.29) is 12.4 Å². The molecule has 1 aromatic heterocycles. The SMILES string of the molecule is COCc1nc(=S)cc(-c2ccc(OC)cc2F)[nH]1. The van der Waals surface area contributed by atoms with Gasteiger partial charge in [0.25, 0.3) is 0 Å². The number of nitrogens with zero attached hydrogens (tertiary/aromatic N) is 1. The Kier molecular flexibility index (Phi) is 4.24. The highest BCUT2D eigenvalue weighted by Gasteiger charge is 2.08. The zero-order valence-corrected chi connectivity index (χ0v) is 11.4. The van der Waals surface area contributed by atoms with Gasteiger partial charge in [-0.1, -0.05) is 12.2 Å². The highest BCUT2D eigenvalue weighted by Crippen LogP contribution is 2.24. The van der Waals surface area contributed by atoms with E-state index < -0.39 is 0 Å². The molecule has 0 bridgehead atoms. The van der Waals surface area contributed by atoms with Crippen molar-refractivity contribution in [2.45, 2.75) is 6.61 Å². The molecule has 0 saturated carbocycles. The summed E-state index contributed by atoms with van der Waals surface area (Å²) in [6, 6.07) is 6.25. The minimum Gasteiger partial charge on any atom is -0.497 e. The van der Waals surface area contributed by atoms with Crippen LogP contribution in [0.2, 0.25) is 0 Å². The van der Waals surface area contributed by atoms with Gasteiger partial charge in [-0.25, -0.2) is 9.37 Å². The summed E-state index contributed by atoms with van der Waals surface area (Å²) < 4.78 is 24.3. The van der Waals surface area contributed by atoms with Crippen molar-refractivity contribution in [3.05, 3.63) is 40.5 Å². The molecule has 100 valence electrons. The minimum absolute atomic E-state index is 0.287. The molecule has 1 heterocycles. The van der Waals surface area contributed by atoms with Gasteiger partial charge < -0.3 is 14.5 Å². The summed E-state index contributed by atoms with van der Waals surface area (Å²) in [7, 11) is 3.05. The molecule has 0 atom stereocenters. The average Bonchev–Trinajstić information content (AvgIpc) is 2.38. The molecule has 1 aromatic carbocycles. The lowest BCUT2D eigenvalue weighted by atomic mass is 10.1. The maximum absolute atomic E-state index is 14.0. The Balaban J connectivity index is 2.49. The molecule has 2 aromatic rings. The Morgan fingerprint density at radius 1 is 1.32 bits per heavy atom. The molecule has 0 unspecified atom stereocenters. The van der Waals surface area contributed by atoms with E-state index in [0.29, 0.717) is 27.5 Å². The van der Waals surface area contributed by atoms with E-state index >= 15 is 0 Å². The van der Waals surface area contributed by atoms with Crippen molar-refractivity contribution < 1.29 is 13.9 Å². The minimum atomic E-state index is -0.389. The van der Waals surface area contributed by atoms with Crippen LogP contribution in [0.1, 0.15) is 5.82 Å². The summed E-state index contributed by atoms with van der Waals surface area (Å²) in [5.41, 5.74) is 0.971. The van der Waals surface area contributed by atoms with Gasteiger partial charge in [0, 0.05) is 18.7 Å².